The van der Waals surface area contributed by atoms with Crippen LogP contribution in [0.1, 0.15) is 11.3 Å². The van der Waals surface area contributed by atoms with E-state index in [2.05, 4.69) is 15.0 Å². The number of nitrogens with one attached hydrogen (secondary N) is 1. The molecule has 17 heavy (non-hydrogen) atoms. The summed E-state index contributed by atoms with van der Waals surface area (Å²) in [5, 5.41) is 10.4. The molecule has 2 heterocycles. The highest BCUT2D eigenvalue weighted by molar-refractivity contribution is 7.07. The number of aliphatic carboxylic acids is 1. The molecule has 0 aliphatic heterocycles. The van der Waals surface area contributed by atoms with Crippen molar-refractivity contribution in [1.82, 2.24) is 15.0 Å². The highest BCUT2D eigenvalue weighted by atomic mass is 32.1. The number of nitrogens with zero attached hydrogens (tertiary/aromatic N) is 2. The van der Waals surface area contributed by atoms with Crippen molar-refractivity contribution in [2.24, 2.45) is 0 Å². The van der Waals surface area contributed by atoms with Crippen LogP contribution < -0.4 is 5.56 Å². The molecule has 2 aromatic heterocycles. The third kappa shape index (κ3) is 2.39. The summed E-state index contributed by atoms with van der Waals surface area (Å²) < 4.78 is 0. The Morgan fingerprint density at radius 2 is 2.35 bits per heavy atom. The van der Waals surface area contributed by atoms with Gasteiger partial charge in [-0.05, 0) is 6.92 Å². The molecule has 0 atom stereocenters. The second kappa shape index (κ2) is 4.46. The maximum absolute atomic E-state index is 11.7. The molecule has 0 amide bonds. The van der Waals surface area contributed by atoms with Gasteiger partial charge in [-0.2, -0.15) is 0 Å². The minimum absolute atomic E-state index is 0.177. The molecule has 88 valence electrons. The van der Waals surface area contributed by atoms with Gasteiger partial charge in [-0.1, -0.05) is 0 Å². The van der Waals surface area contributed by atoms with Crippen molar-refractivity contribution in [3.8, 4) is 11.5 Å². The van der Waals surface area contributed by atoms with Crippen molar-refractivity contribution < 1.29 is 9.90 Å². The largest absolute Gasteiger partial charge is 0.481 e. The summed E-state index contributed by atoms with van der Waals surface area (Å²) >= 11 is 1.39. The monoisotopic (exact) mass is 251 g/mol. The number of carboxylic acid groups (broad SMARTS) is 1. The first-order valence-corrected chi connectivity index (χ1v) is 5.72. The number of hydrogen-bond acceptors (Lipinski definition) is 5. The Hall–Kier alpha value is -2.02. The number of aromatic nitrogens is 3. The van der Waals surface area contributed by atoms with Gasteiger partial charge in [0.2, 0.25) is 0 Å². The third-order valence-corrected chi connectivity index (χ3v) is 2.81. The summed E-state index contributed by atoms with van der Waals surface area (Å²) in [5.74, 6) is -0.690. The van der Waals surface area contributed by atoms with E-state index in [-0.39, 0.29) is 12.0 Å². The van der Waals surface area contributed by atoms with Gasteiger partial charge in [0.1, 0.15) is 5.69 Å². The van der Waals surface area contributed by atoms with Crippen LogP contribution in [0.25, 0.3) is 11.5 Å². The fourth-order valence-corrected chi connectivity index (χ4v) is 1.96. The van der Waals surface area contributed by atoms with Gasteiger partial charge in [0.05, 0.1) is 11.9 Å². The lowest BCUT2D eigenvalue weighted by Crippen LogP contribution is -2.20. The second-order valence-electron chi connectivity index (χ2n) is 3.42. The standard InChI is InChI=1S/C10H9N3O3S/c1-5-6(2-8(14)15)10(16)13-9(12-5)7-3-17-4-11-7/h3-4H,2H2,1H3,(H,14,15)(H,12,13,16). The number of aryl methyl sites for hydroxylation is 1. The van der Waals surface area contributed by atoms with E-state index in [0.717, 1.165) is 0 Å². The summed E-state index contributed by atoms with van der Waals surface area (Å²) in [4.78, 5) is 33.0. The molecule has 0 fully saturated rings. The molecule has 2 N–H and O–H groups in total. The number of H-pyrrole nitrogens is 1. The number of aromatic amines is 1. The molecule has 0 saturated heterocycles. The lowest BCUT2D eigenvalue weighted by Gasteiger charge is -2.03. The van der Waals surface area contributed by atoms with Gasteiger partial charge in [-0.25, -0.2) is 9.97 Å². The van der Waals surface area contributed by atoms with Gasteiger partial charge in [-0.15, -0.1) is 11.3 Å². The molecular formula is C10H9N3O3S. The predicted molar refractivity (Wildman–Crippen MR) is 62.0 cm³/mol. The fourth-order valence-electron chi connectivity index (χ4n) is 1.42. The van der Waals surface area contributed by atoms with Crippen molar-refractivity contribution in [3.05, 3.63) is 32.5 Å². The van der Waals surface area contributed by atoms with E-state index in [1.807, 2.05) is 0 Å². The Labute approximate surface area is 100.0 Å². The van der Waals surface area contributed by atoms with E-state index in [0.29, 0.717) is 17.2 Å². The van der Waals surface area contributed by atoms with Crippen molar-refractivity contribution in [2.75, 3.05) is 0 Å². The first-order valence-electron chi connectivity index (χ1n) is 4.78. The molecule has 6 nitrogen and oxygen atoms in total. The van der Waals surface area contributed by atoms with E-state index in [1.54, 1.807) is 17.8 Å². The van der Waals surface area contributed by atoms with Crippen molar-refractivity contribution in [3.63, 3.8) is 0 Å². The minimum Gasteiger partial charge on any atom is -0.481 e. The van der Waals surface area contributed by atoms with Crippen LogP contribution in [0, 0.1) is 6.92 Å². The van der Waals surface area contributed by atoms with Crippen LogP contribution in [-0.4, -0.2) is 26.0 Å². The second-order valence-corrected chi connectivity index (χ2v) is 4.14. The third-order valence-electron chi connectivity index (χ3n) is 2.23. The van der Waals surface area contributed by atoms with E-state index < -0.39 is 11.5 Å². The van der Waals surface area contributed by atoms with Gasteiger partial charge < -0.3 is 10.1 Å². The normalized spacial score (nSPS) is 10.4. The predicted octanol–water partition coefficient (Wildman–Crippen LogP) is 0.829. The van der Waals surface area contributed by atoms with E-state index in [9.17, 15) is 9.59 Å². The fraction of sp³-hybridized carbons (Fsp3) is 0.200. The average Bonchev–Trinajstić information content (AvgIpc) is 2.76. The molecule has 2 aromatic rings. The molecule has 0 unspecified atom stereocenters. The molecule has 0 aliphatic carbocycles. The summed E-state index contributed by atoms with van der Waals surface area (Å²) in [6.45, 7) is 1.61. The van der Waals surface area contributed by atoms with Crippen LogP contribution in [0.4, 0.5) is 0 Å². The van der Waals surface area contributed by atoms with Gasteiger partial charge in [0.15, 0.2) is 5.82 Å². The zero-order chi connectivity index (χ0) is 12.4. The van der Waals surface area contributed by atoms with Crippen LogP contribution >= 0.6 is 11.3 Å². The maximum Gasteiger partial charge on any atom is 0.308 e. The van der Waals surface area contributed by atoms with Crippen molar-refractivity contribution in [2.45, 2.75) is 13.3 Å². The Morgan fingerprint density at radius 1 is 1.59 bits per heavy atom. The van der Waals surface area contributed by atoms with Gasteiger partial charge in [-0.3, -0.25) is 9.59 Å². The number of carboxylic acids is 1. The highest BCUT2D eigenvalue weighted by Gasteiger charge is 2.13. The van der Waals surface area contributed by atoms with Crippen molar-refractivity contribution in [1.29, 1.82) is 0 Å². The minimum atomic E-state index is -1.05. The van der Waals surface area contributed by atoms with Gasteiger partial charge in [0.25, 0.3) is 5.56 Å². The van der Waals surface area contributed by atoms with E-state index in [1.165, 1.54) is 11.3 Å². The molecular weight excluding hydrogens is 242 g/mol. The molecule has 0 aromatic carbocycles. The molecule has 0 bridgehead atoms. The number of rotatable bonds is 3. The summed E-state index contributed by atoms with van der Waals surface area (Å²) in [5.41, 5.74) is 2.38. The Bertz CT molecular complexity index is 604. The average molecular weight is 251 g/mol. The summed E-state index contributed by atoms with van der Waals surface area (Å²) in [7, 11) is 0. The zero-order valence-corrected chi connectivity index (χ0v) is 9.74. The van der Waals surface area contributed by atoms with Crippen molar-refractivity contribution >= 4 is 17.3 Å². The van der Waals surface area contributed by atoms with Crippen LogP contribution in [0.5, 0.6) is 0 Å². The van der Waals surface area contributed by atoms with Crippen LogP contribution in [0.2, 0.25) is 0 Å². The van der Waals surface area contributed by atoms with Crippen LogP contribution in [0.3, 0.4) is 0 Å². The lowest BCUT2D eigenvalue weighted by molar-refractivity contribution is -0.136. The number of carbonyl (C=O) groups is 1. The molecule has 0 radical (unpaired) electrons. The molecule has 2 rings (SSSR count). The quantitative estimate of drug-likeness (QED) is 0.842. The Morgan fingerprint density at radius 3 is 2.88 bits per heavy atom. The lowest BCUT2D eigenvalue weighted by atomic mass is 10.1. The van der Waals surface area contributed by atoms with E-state index >= 15 is 0 Å². The summed E-state index contributed by atoms with van der Waals surface area (Å²) in [6.07, 6.45) is -0.328. The smallest absolute Gasteiger partial charge is 0.308 e. The topological polar surface area (TPSA) is 95.9 Å². The molecule has 0 aliphatic rings. The Balaban J connectivity index is 2.49. The first-order chi connectivity index (χ1) is 8.08. The zero-order valence-electron chi connectivity index (χ0n) is 8.93. The van der Waals surface area contributed by atoms with Crippen LogP contribution in [0.15, 0.2) is 15.7 Å². The van der Waals surface area contributed by atoms with Gasteiger partial charge in [0, 0.05) is 16.6 Å². The summed E-state index contributed by atoms with van der Waals surface area (Å²) in [6, 6.07) is 0. The maximum atomic E-state index is 11.7. The van der Waals surface area contributed by atoms with Crippen LogP contribution in [-0.2, 0) is 11.2 Å². The number of thiazole rings is 1. The molecule has 7 heteroatoms. The SMILES string of the molecule is Cc1nc(-c2cscn2)[nH]c(=O)c1CC(=O)O. The first kappa shape index (κ1) is 11.5. The highest BCUT2D eigenvalue weighted by Crippen LogP contribution is 2.14. The molecule has 0 saturated carbocycles. The molecule has 0 spiro atoms. The van der Waals surface area contributed by atoms with Gasteiger partial charge >= 0.3 is 5.97 Å². The number of hydrogen-bond donors (Lipinski definition) is 2. The Kier molecular flexibility index (Phi) is 3.01. The van der Waals surface area contributed by atoms with E-state index in [4.69, 9.17) is 5.11 Å².